The summed E-state index contributed by atoms with van der Waals surface area (Å²) >= 11 is 0. The number of imidazole rings is 1. The molecular formula is C17H23N5O2. The fourth-order valence-corrected chi connectivity index (χ4v) is 3.01. The molecule has 0 aromatic carbocycles. The van der Waals surface area contributed by atoms with E-state index in [0.29, 0.717) is 25.3 Å². The topological polar surface area (TPSA) is 83.3 Å². The number of nitrogens with one attached hydrogen (secondary N) is 1. The maximum absolute atomic E-state index is 12.2. The number of aliphatic hydroxyl groups is 1. The van der Waals surface area contributed by atoms with Gasteiger partial charge in [0.05, 0.1) is 18.7 Å². The van der Waals surface area contributed by atoms with Gasteiger partial charge in [0.2, 0.25) is 0 Å². The molecule has 1 saturated heterocycles. The molecule has 3 heterocycles. The lowest BCUT2D eigenvalue weighted by Crippen LogP contribution is -2.43. The number of β-amino-alcohol motifs (C(OH)–C–C–N with tert-alkyl or cyclic N) is 1. The molecule has 2 atom stereocenters. The highest BCUT2D eigenvalue weighted by atomic mass is 16.3. The number of amides is 1. The molecule has 24 heavy (non-hydrogen) atoms. The first kappa shape index (κ1) is 16.6. The van der Waals surface area contributed by atoms with Crippen molar-refractivity contribution in [2.24, 2.45) is 0 Å². The first-order chi connectivity index (χ1) is 11.7. The van der Waals surface area contributed by atoms with Crippen LogP contribution in [0, 0.1) is 0 Å². The Morgan fingerprint density at radius 1 is 1.33 bits per heavy atom. The number of hydrogen-bond donors (Lipinski definition) is 2. The molecular weight excluding hydrogens is 306 g/mol. The monoisotopic (exact) mass is 329 g/mol. The van der Waals surface area contributed by atoms with Gasteiger partial charge in [-0.05, 0) is 18.6 Å². The Morgan fingerprint density at radius 2 is 2.21 bits per heavy atom. The van der Waals surface area contributed by atoms with Crippen LogP contribution >= 0.6 is 0 Å². The largest absolute Gasteiger partial charge is 0.390 e. The first-order valence-corrected chi connectivity index (χ1v) is 8.29. The van der Waals surface area contributed by atoms with E-state index in [1.54, 1.807) is 30.6 Å². The minimum absolute atomic E-state index is 0.256. The van der Waals surface area contributed by atoms with Gasteiger partial charge < -0.3 is 15.0 Å². The van der Waals surface area contributed by atoms with E-state index < -0.39 is 6.10 Å². The first-order valence-electron chi connectivity index (χ1n) is 8.29. The number of carbonyl (C=O) groups is 1. The van der Waals surface area contributed by atoms with E-state index in [-0.39, 0.29) is 11.9 Å². The zero-order valence-corrected chi connectivity index (χ0v) is 13.8. The van der Waals surface area contributed by atoms with Crippen LogP contribution in [0.1, 0.15) is 29.7 Å². The standard InChI is InChI=1S/C17H23N5O2/c1-2-8-22-9-7-19-16(22)12-21-10-14(15(23)11-21)20-17(24)13-5-3-4-6-18-13/h3-7,9,14-15,23H,2,8,10-12H2,1H3,(H,20,24)/t14-,15-/m1/s1. The Bertz CT molecular complexity index is 673. The van der Waals surface area contributed by atoms with Crippen molar-refractivity contribution in [2.75, 3.05) is 13.1 Å². The maximum atomic E-state index is 12.2. The second kappa shape index (κ2) is 7.55. The van der Waals surface area contributed by atoms with E-state index in [0.717, 1.165) is 18.8 Å². The van der Waals surface area contributed by atoms with Gasteiger partial charge in [-0.3, -0.25) is 14.7 Å². The molecule has 3 rings (SSSR count). The minimum Gasteiger partial charge on any atom is -0.390 e. The number of aromatic nitrogens is 3. The number of likely N-dealkylation sites (tertiary alicyclic amines) is 1. The molecule has 7 nitrogen and oxygen atoms in total. The van der Waals surface area contributed by atoms with Gasteiger partial charge in [0.1, 0.15) is 11.5 Å². The number of rotatable bonds is 6. The lowest BCUT2D eigenvalue weighted by atomic mass is 10.2. The molecule has 2 N–H and O–H groups in total. The van der Waals surface area contributed by atoms with Gasteiger partial charge in [0.15, 0.2) is 0 Å². The van der Waals surface area contributed by atoms with Crippen LogP contribution in [-0.4, -0.2) is 55.7 Å². The third-order valence-electron chi connectivity index (χ3n) is 4.21. The molecule has 2 aromatic heterocycles. The van der Waals surface area contributed by atoms with Gasteiger partial charge in [-0.2, -0.15) is 0 Å². The summed E-state index contributed by atoms with van der Waals surface area (Å²) in [5.41, 5.74) is 0.363. The van der Waals surface area contributed by atoms with Gasteiger partial charge in [-0.1, -0.05) is 13.0 Å². The number of carbonyl (C=O) groups excluding carboxylic acids is 1. The predicted octanol–water partition coefficient (Wildman–Crippen LogP) is 0.663. The number of pyridine rings is 1. The summed E-state index contributed by atoms with van der Waals surface area (Å²) in [4.78, 5) is 22.7. The van der Waals surface area contributed by atoms with Crippen molar-refractivity contribution in [1.82, 2.24) is 24.8 Å². The average molecular weight is 329 g/mol. The van der Waals surface area contributed by atoms with Crippen LogP contribution in [0.15, 0.2) is 36.8 Å². The zero-order chi connectivity index (χ0) is 16.9. The predicted molar refractivity (Wildman–Crippen MR) is 89.3 cm³/mol. The number of hydrogen-bond acceptors (Lipinski definition) is 5. The summed E-state index contributed by atoms with van der Waals surface area (Å²) in [5.74, 6) is 0.731. The second-order valence-corrected chi connectivity index (χ2v) is 6.09. The fourth-order valence-electron chi connectivity index (χ4n) is 3.01. The van der Waals surface area contributed by atoms with Crippen molar-refractivity contribution in [3.8, 4) is 0 Å². The van der Waals surface area contributed by atoms with E-state index in [4.69, 9.17) is 0 Å². The summed E-state index contributed by atoms with van der Waals surface area (Å²) in [6.45, 7) is 4.85. The third kappa shape index (κ3) is 3.80. The highest BCUT2D eigenvalue weighted by molar-refractivity contribution is 5.92. The summed E-state index contributed by atoms with van der Waals surface area (Å²) < 4.78 is 2.13. The van der Waals surface area contributed by atoms with Crippen molar-refractivity contribution >= 4 is 5.91 Å². The third-order valence-corrected chi connectivity index (χ3v) is 4.21. The van der Waals surface area contributed by atoms with E-state index in [2.05, 4.69) is 31.7 Å². The summed E-state index contributed by atoms with van der Waals surface area (Å²) in [7, 11) is 0. The molecule has 1 fully saturated rings. The number of aliphatic hydroxyl groups excluding tert-OH is 1. The van der Waals surface area contributed by atoms with Gasteiger partial charge >= 0.3 is 0 Å². The van der Waals surface area contributed by atoms with Crippen LogP contribution in [0.5, 0.6) is 0 Å². The summed E-state index contributed by atoms with van der Waals surface area (Å²) in [6, 6.07) is 4.90. The molecule has 0 bridgehead atoms. The smallest absolute Gasteiger partial charge is 0.270 e. The molecule has 0 radical (unpaired) electrons. The molecule has 1 aliphatic heterocycles. The van der Waals surface area contributed by atoms with Crippen LogP contribution in [-0.2, 0) is 13.1 Å². The summed E-state index contributed by atoms with van der Waals surface area (Å²) in [6.07, 6.45) is 5.82. The van der Waals surface area contributed by atoms with E-state index in [1.807, 2.05) is 6.20 Å². The Kier molecular flexibility index (Phi) is 5.22. The lowest BCUT2D eigenvalue weighted by molar-refractivity contribution is 0.0883. The van der Waals surface area contributed by atoms with Gasteiger partial charge in [0, 0.05) is 38.2 Å². The molecule has 128 valence electrons. The van der Waals surface area contributed by atoms with Crippen molar-refractivity contribution < 1.29 is 9.90 Å². The van der Waals surface area contributed by atoms with E-state index in [1.165, 1.54) is 0 Å². The SMILES string of the molecule is CCCn1ccnc1CN1C[C@@H](O)[C@H](NC(=O)c2ccccn2)C1. The van der Waals surface area contributed by atoms with Crippen LogP contribution in [0.2, 0.25) is 0 Å². The second-order valence-electron chi connectivity index (χ2n) is 6.09. The zero-order valence-electron chi connectivity index (χ0n) is 13.8. The molecule has 0 aliphatic carbocycles. The van der Waals surface area contributed by atoms with Crippen LogP contribution in [0.3, 0.4) is 0 Å². The lowest BCUT2D eigenvalue weighted by Gasteiger charge is -2.17. The Hall–Kier alpha value is -2.25. The van der Waals surface area contributed by atoms with Crippen molar-refractivity contribution in [1.29, 1.82) is 0 Å². The van der Waals surface area contributed by atoms with Crippen LogP contribution in [0.25, 0.3) is 0 Å². The van der Waals surface area contributed by atoms with Crippen molar-refractivity contribution in [3.05, 3.63) is 48.3 Å². The number of nitrogens with zero attached hydrogens (tertiary/aromatic N) is 4. The van der Waals surface area contributed by atoms with E-state index in [9.17, 15) is 9.90 Å². The van der Waals surface area contributed by atoms with Gasteiger partial charge in [-0.15, -0.1) is 0 Å². The van der Waals surface area contributed by atoms with E-state index >= 15 is 0 Å². The molecule has 0 saturated carbocycles. The molecule has 2 aromatic rings. The van der Waals surface area contributed by atoms with Gasteiger partial charge in [-0.25, -0.2) is 4.98 Å². The quantitative estimate of drug-likeness (QED) is 0.814. The normalized spacial score (nSPS) is 21.1. The maximum Gasteiger partial charge on any atom is 0.270 e. The number of aryl methyl sites for hydroxylation is 1. The van der Waals surface area contributed by atoms with Crippen LogP contribution < -0.4 is 5.32 Å². The molecule has 1 aliphatic rings. The van der Waals surface area contributed by atoms with Gasteiger partial charge in [0.25, 0.3) is 5.91 Å². The summed E-state index contributed by atoms with van der Waals surface area (Å²) in [5, 5.41) is 13.1. The molecule has 1 amide bonds. The van der Waals surface area contributed by atoms with Crippen molar-refractivity contribution in [2.45, 2.75) is 38.6 Å². The molecule has 7 heteroatoms. The molecule has 0 spiro atoms. The fraction of sp³-hybridized carbons (Fsp3) is 0.471. The van der Waals surface area contributed by atoms with Crippen molar-refractivity contribution in [3.63, 3.8) is 0 Å². The Balaban J connectivity index is 1.58. The minimum atomic E-state index is -0.591. The highest BCUT2D eigenvalue weighted by Crippen LogP contribution is 2.14. The Morgan fingerprint density at radius 3 is 2.96 bits per heavy atom. The average Bonchev–Trinajstić information content (AvgIpc) is 3.16. The van der Waals surface area contributed by atoms with Crippen LogP contribution in [0.4, 0.5) is 0 Å². The highest BCUT2D eigenvalue weighted by Gasteiger charge is 2.33. The molecule has 0 unspecified atom stereocenters. The Labute approximate surface area is 141 Å².